The van der Waals surface area contributed by atoms with E-state index in [1.165, 1.54) is 70.7 Å². The highest BCUT2D eigenvalue weighted by atomic mass is 15.0. The summed E-state index contributed by atoms with van der Waals surface area (Å²) in [5, 5.41) is 10.0. The van der Waals surface area contributed by atoms with E-state index in [0.717, 1.165) is 39.2 Å². The topological polar surface area (TPSA) is 35.1 Å². The monoisotopic (exact) mass is 660 g/mol. The van der Waals surface area contributed by atoms with Crippen molar-refractivity contribution in [2.24, 2.45) is 0 Å². The maximum atomic E-state index is 5.26. The molecule has 4 heteroatoms. The average Bonchev–Trinajstić information content (AvgIpc) is 3.85. The Morgan fingerprint density at radius 1 is 0.385 bits per heavy atom. The molecular formula is C48H28N4. The highest BCUT2D eigenvalue weighted by molar-refractivity contribution is 6.34. The van der Waals surface area contributed by atoms with E-state index in [-0.39, 0.29) is 0 Å². The Morgan fingerprint density at radius 2 is 0.942 bits per heavy atom. The number of rotatable bonds is 3. The third kappa shape index (κ3) is 3.65. The van der Waals surface area contributed by atoms with Crippen LogP contribution < -0.4 is 0 Å². The Labute approximate surface area is 297 Å². The Balaban J connectivity index is 1.14. The predicted octanol–water partition coefficient (Wildman–Crippen LogP) is 12.4. The molecule has 0 spiro atoms. The van der Waals surface area contributed by atoms with Crippen LogP contribution in [0.1, 0.15) is 0 Å². The van der Waals surface area contributed by atoms with E-state index in [9.17, 15) is 0 Å². The number of hydrogen-bond acceptors (Lipinski definition) is 2. The van der Waals surface area contributed by atoms with Crippen molar-refractivity contribution in [2.75, 3.05) is 0 Å². The van der Waals surface area contributed by atoms with Crippen LogP contribution in [-0.4, -0.2) is 18.9 Å². The fourth-order valence-electron chi connectivity index (χ4n) is 8.81. The van der Waals surface area contributed by atoms with Gasteiger partial charge in [-0.1, -0.05) is 121 Å². The number of aromatic nitrogens is 4. The van der Waals surface area contributed by atoms with Gasteiger partial charge in [-0.05, 0) is 59.3 Å². The standard InChI is InChI=1S/C48H28N4/c1-2-14-32-29(12-1)13-11-18-35(32)46-45(49-39-19-6-7-20-40(39)50-46)30-24-26-31(27-25-30)51-41-21-8-3-15-33(41)37-28-38-34-16-4-9-22-42(34)52-43-23-10-5-17-36(43)44(47(37)51)48(38)52/h1-28H. The van der Waals surface area contributed by atoms with E-state index in [0.29, 0.717) is 0 Å². The average molecular weight is 661 g/mol. The summed E-state index contributed by atoms with van der Waals surface area (Å²) in [4.78, 5) is 10.5. The lowest BCUT2D eigenvalue weighted by molar-refractivity contribution is 1.19. The minimum atomic E-state index is 0.877. The van der Waals surface area contributed by atoms with E-state index < -0.39 is 0 Å². The maximum absolute atomic E-state index is 5.26. The number of benzene rings is 8. The SMILES string of the molecule is c1ccc2c(-c3nc4ccccc4nc3-c3ccc(-n4c5ccccc5c5cc6c7ccccc7n7c8ccccc8c(c54)c67)cc3)cccc2c1. The van der Waals surface area contributed by atoms with E-state index in [2.05, 4.69) is 155 Å². The molecule has 0 atom stereocenters. The van der Waals surface area contributed by atoms with Crippen LogP contribution in [0, 0.1) is 0 Å². The molecule has 0 amide bonds. The van der Waals surface area contributed by atoms with Crippen molar-refractivity contribution in [1.29, 1.82) is 0 Å². The third-order valence-corrected chi connectivity index (χ3v) is 11.0. The number of para-hydroxylation sites is 5. The molecule has 52 heavy (non-hydrogen) atoms. The molecule has 4 nitrogen and oxygen atoms in total. The first-order chi connectivity index (χ1) is 25.8. The van der Waals surface area contributed by atoms with Crippen molar-refractivity contribution in [2.45, 2.75) is 0 Å². The predicted molar refractivity (Wildman–Crippen MR) is 217 cm³/mol. The van der Waals surface area contributed by atoms with Crippen molar-refractivity contribution < 1.29 is 0 Å². The molecule has 8 aromatic carbocycles. The van der Waals surface area contributed by atoms with E-state index in [4.69, 9.17) is 9.97 Å². The van der Waals surface area contributed by atoms with Gasteiger partial charge in [0.15, 0.2) is 0 Å². The Morgan fingerprint density at radius 3 is 1.71 bits per heavy atom. The lowest BCUT2D eigenvalue weighted by Crippen LogP contribution is -1.98. The summed E-state index contributed by atoms with van der Waals surface area (Å²) < 4.78 is 4.93. The fourth-order valence-corrected chi connectivity index (χ4v) is 8.81. The molecule has 0 bridgehead atoms. The quantitative estimate of drug-likeness (QED) is 0.189. The number of nitrogens with zero attached hydrogens (tertiary/aromatic N) is 4. The van der Waals surface area contributed by atoms with Gasteiger partial charge < -0.3 is 8.97 Å². The molecular weight excluding hydrogens is 633 g/mol. The molecule has 0 aliphatic rings. The molecule has 0 unspecified atom stereocenters. The second-order valence-corrected chi connectivity index (χ2v) is 13.7. The zero-order chi connectivity index (χ0) is 33.9. The molecule has 240 valence electrons. The second kappa shape index (κ2) is 10.3. The van der Waals surface area contributed by atoms with Crippen LogP contribution in [0.15, 0.2) is 170 Å². The summed E-state index contributed by atoms with van der Waals surface area (Å²) >= 11 is 0. The first-order valence-corrected chi connectivity index (χ1v) is 17.8. The summed E-state index contributed by atoms with van der Waals surface area (Å²) in [7, 11) is 0. The summed E-state index contributed by atoms with van der Waals surface area (Å²) in [5.41, 5.74) is 12.9. The smallest absolute Gasteiger partial charge is 0.0979 e. The number of hydrogen-bond donors (Lipinski definition) is 0. The summed E-state index contributed by atoms with van der Waals surface area (Å²) in [6, 6.07) is 60.9. The zero-order valence-electron chi connectivity index (χ0n) is 28.0. The third-order valence-electron chi connectivity index (χ3n) is 11.0. The van der Waals surface area contributed by atoms with Gasteiger partial charge in [-0.3, -0.25) is 0 Å². The van der Waals surface area contributed by atoms with Crippen molar-refractivity contribution in [3.05, 3.63) is 170 Å². The molecule has 4 aromatic heterocycles. The van der Waals surface area contributed by atoms with Crippen LogP contribution in [0.3, 0.4) is 0 Å². The van der Waals surface area contributed by atoms with E-state index in [1.807, 2.05) is 24.3 Å². The molecule has 0 aliphatic heterocycles. The molecule has 4 heterocycles. The van der Waals surface area contributed by atoms with Gasteiger partial charge in [0, 0.05) is 49.1 Å². The van der Waals surface area contributed by atoms with Gasteiger partial charge in [-0.2, -0.15) is 0 Å². The van der Waals surface area contributed by atoms with Gasteiger partial charge in [-0.25, -0.2) is 9.97 Å². The van der Waals surface area contributed by atoms with Gasteiger partial charge in [0.05, 0.1) is 50.0 Å². The van der Waals surface area contributed by atoms with Crippen molar-refractivity contribution in [3.63, 3.8) is 0 Å². The second-order valence-electron chi connectivity index (χ2n) is 13.7. The molecule has 0 saturated carbocycles. The van der Waals surface area contributed by atoms with E-state index >= 15 is 0 Å². The molecule has 0 saturated heterocycles. The van der Waals surface area contributed by atoms with Crippen molar-refractivity contribution >= 4 is 81.7 Å². The van der Waals surface area contributed by atoms with E-state index in [1.54, 1.807) is 0 Å². The summed E-state index contributed by atoms with van der Waals surface area (Å²) in [6.07, 6.45) is 0. The molecule has 0 fully saturated rings. The van der Waals surface area contributed by atoms with Gasteiger partial charge in [0.1, 0.15) is 0 Å². The summed E-state index contributed by atoms with van der Waals surface area (Å²) in [5.74, 6) is 0. The fraction of sp³-hybridized carbons (Fsp3) is 0. The minimum absolute atomic E-state index is 0.877. The molecule has 0 radical (unpaired) electrons. The largest absolute Gasteiger partial charge is 0.309 e. The lowest BCUT2D eigenvalue weighted by atomic mass is 9.98. The van der Waals surface area contributed by atoms with Gasteiger partial charge >= 0.3 is 0 Å². The van der Waals surface area contributed by atoms with Crippen LogP contribution in [-0.2, 0) is 0 Å². The van der Waals surface area contributed by atoms with Crippen LogP contribution in [0.2, 0.25) is 0 Å². The zero-order valence-corrected chi connectivity index (χ0v) is 28.0. The first-order valence-electron chi connectivity index (χ1n) is 17.8. The minimum Gasteiger partial charge on any atom is -0.309 e. The molecule has 0 aliphatic carbocycles. The Kier molecular flexibility index (Phi) is 5.47. The highest BCUT2D eigenvalue weighted by Crippen LogP contribution is 2.46. The normalized spacial score (nSPS) is 12.2. The highest BCUT2D eigenvalue weighted by Gasteiger charge is 2.24. The summed E-state index contributed by atoms with van der Waals surface area (Å²) in [6.45, 7) is 0. The van der Waals surface area contributed by atoms with Crippen molar-refractivity contribution in [1.82, 2.24) is 18.9 Å². The maximum Gasteiger partial charge on any atom is 0.0979 e. The molecule has 0 N–H and O–H groups in total. The van der Waals surface area contributed by atoms with Crippen LogP contribution >= 0.6 is 0 Å². The first kappa shape index (κ1) is 27.7. The lowest BCUT2D eigenvalue weighted by Gasteiger charge is -2.14. The van der Waals surface area contributed by atoms with Crippen LogP contribution in [0.4, 0.5) is 0 Å². The van der Waals surface area contributed by atoms with Gasteiger partial charge in [-0.15, -0.1) is 0 Å². The Hall–Kier alpha value is -7.04. The molecule has 12 rings (SSSR count). The van der Waals surface area contributed by atoms with Crippen LogP contribution in [0.5, 0.6) is 0 Å². The van der Waals surface area contributed by atoms with Crippen LogP contribution in [0.25, 0.3) is 110 Å². The van der Waals surface area contributed by atoms with Crippen molar-refractivity contribution in [3.8, 4) is 28.2 Å². The van der Waals surface area contributed by atoms with Gasteiger partial charge in [0.25, 0.3) is 0 Å². The Bertz CT molecular complexity index is 3400. The number of fused-ring (bicyclic) bond motifs is 12. The molecule has 12 aromatic rings. The van der Waals surface area contributed by atoms with Gasteiger partial charge in [0.2, 0.25) is 0 Å².